The third-order valence-corrected chi connectivity index (χ3v) is 16.4. The van der Waals surface area contributed by atoms with Gasteiger partial charge >= 0.3 is 0 Å². The zero-order valence-electron chi connectivity index (χ0n) is 40.5. The molecule has 0 N–H and O–H groups in total. The number of rotatable bonds is 4. The Morgan fingerprint density at radius 2 is 0.640 bits per heavy atom. The van der Waals surface area contributed by atoms with E-state index in [0.29, 0.717) is 0 Å². The first-order chi connectivity index (χ1) is 37.2. The predicted molar refractivity (Wildman–Crippen MR) is 314 cm³/mol. The maximum absolute atomic E-state index is 7.75. The van der Waals surface area contributed by atoms with Gasteiger partial charge in [-0.15, -0.1) is 0 Å². The van der Waals surface area contributed by atoms with Crippen molar-refractivity contribution >= 4 is 110 Å². The molecule has 75 heavy (non-hydrogen) atoms. The van der Waals surface area contributed by atoms with Crippen LogP contribution in [0.25, 0.3) is 120 Å². The summed E-state index contributed by atoms with van der Waals surface area (Å²) in [7, 11) is 0. The predicted octanol–water partition coefficient (Wildman–Crippen LogP) is 16.6. The molecule has 4 nitrogen and oxygen atoms in total. The molecule has 0 spiro atoms. The zero-order valence-corrected chi connectivity index (χ0v) is 40.5. The largest absolute Gasteiger partial charge is 0.458 e. The van der Waals surface area contributed by atoms with Gasteiger partial charge in [0.05, 0.1) is 22.1 Å². The molecule has 17 rings (SSSR count). The van der Waals surface area contributed by atoms with Crippen LogP contribution in [0.2, 0.25) is 0 Å². The summed E-state index contributed by atoms with van der Waals surface area (Å²) in [5.41, 5.74) is 14.2. The first kappa shape index (κ1) is 40.7. The van der Waals surface area contributed by atoms with Gasteiger partial charge < -0.3 is 18.6 Å². The van der Waals surface area contributed by atoms with Crippen LogP contribution in [0, 0.1) is 0 Å². The number of benzene rings is 13. The molecule has 0 saturated carbocycles. The van der Waals surface area contributed by atoms with Gasteiger partial charge in [-0.3, -0.25) is 0 Å². The lowest BCUT2D eigenvalue weighted by Gasteiger charge is -2.36. The molecule has 346 valence electrons. The molecule has 5 heteroatoms. The van der Waals surface area contributed by atoms with Gasteiger partial charge in [0.15, 0.2) is 0 Å². The second-order valence-corrected chi connectivity index (χ2v) is 20.3. The van der Waals surface area contributed by atoms with Gasteiger partial charge in [0.2, 0.25) is 0 Å². The van der Waals surface area contributed by atoms with Crippen LogP contribution in [-0.4, -0.2) is 15.8 Å². The lowest BCUT2D eigenvalue weighted by Crippen LogP contribution is -2.57. The molecule has 2 aliphatic heterocycles. The monoisotopic (exact) mass is 952 g/mol. The van der Waals surface area contributed by atoms with Crippen LogP contribution < -0.4 is 25.9 Å². The lowest BCUT2D eigenvalue weighted by atomic mass is 9.34. The number of fused-ring (bicyclic) bond motifs is 16. The van der Waals surface area contributed by atoms with Crippen LogP contribution in [-0.2, 0) is 0 Å². The third-order valence-electron chi connectivity index (χ3n) is 16.4. The van der Waals surface area contributed by atoms with E-state index in [2.05, 4.69) is 258 Å². The van der Waals surface area contributed by atoms with Crippen LogP contribution in [0.15, 0.2) is 249 Å². The van der Waals surface area contributed by atoms with E-state index in [9.17, 15) is 0 Å². The quantitative estimate of drug-likeness (QED) is 0.130. The fraction of sp³-hybridized carbons (Fsp3) is 0. The third kappa shape index (κ3) is 5.72. The van der Waals surface area contributed by atoms with Gasteiger partial charge in [-0.2, -0.15) is 0 Å². The van der Waals surface area contributed by atoms with Crippen LogP contribution in [0.4, 0.5) is 0 Å². The van der Waals surface area contributed by atoms with E-state index in [4.69, 9.17) is 9.47 Å². The highest BCUT2D eigenvalue weighted by molar-refractivity contribution is 6.98. The van der Waals surface area contributed by atoms with Crippen molar-refractivity contribution in [3.8, 4) is 56.6 Å². The van der Waals surface area contributed by atoms with Gasteiger partial charge in [0, 0.05) is 61.6 Å². The van der Waals surface area contributed by atoms with Crippen LogP contribution >= 0.6 is 0 Å². The summed E-state index contributed by atoms with van der Waals surface area (Å²) in [5.74, 6) is 3.30. The Kier molecular flexibility index (Phi) is 8.33. The van der Waals surface area contributed by atoms with Crippen molar-refractivity contribution in [2.24, 2.45) is 0 Å². The van der Waals surface area contributed by atoms with E-state index < -0.39 is 0 Å². The fourth-order valence-electron chi connectivity index (χ4n) is 13.2. The van der Waals surface area contributed by atoms with Gasteiger partial charge in [0.25, 0.3) is 6.71 Å². The van der Waals surface area contributed by atoms with Crippen LogP contribution in [0.3, 0.4) is 0 Å². The van der Waals surface area contributed by atoms with Gasteiger partial charge in [-0.05, 0) is 120 Å². The maximum Gasteiger partial charge on any atom is 0.260 e. The number of para-hydroxylation sites is 4. The fourth-order valence-corrected chi connectivity index (χ4v) is 13.2. The lowest BCUT2D eigenvalue weighted by molar-refractivity contribution is 0.467. The van der Waals surface area contributed by atoms with Crippen molar-refractivity contribution in [1.29, 1.82) is 0 Å². The van der Waals surface area contributed by atoms with E-state index in [0.717, 1.165) is 95.1 Å². The Balaban J connectivity index is 1.05. The standard InChI is InChI=1S/C70H41BN2O2/c1-3-21-44(22-4-1)72-62-33-17-15-31-52(62)56-38-60-66(40-64(56)72)74-69-58(54-35-42-19-7-9-25-46(42)48-27-11-13-29-50(48)54)37-59(55-36-43-20-8-10-26-47(43)49-28-12-14-30-51(49)55)70-68(69)71(60)61-39-57-53-32-16-18-34-63(53)73(45-23-5-2-6-24-45)65(57)41-67(61)75-70/h1-41H. The second kappa shape index (κ2) is 15.3. The van der Waals surface area contributed by atoms with Gasteiger partial charge in [-0.25, -0.2) is 0 Å². The molecule has 0 aliphatic carbocycles. The molecule has 0 radical (unpaired) electrons. The summed E-state index contributed by atoms with van der Waals surface area (Å²) >= 11 is 0. The Hall–Kier alpha value is -9.84. The average Bonchev–Trinajstić information content (AvgIpc) is 4.05. The van der Waals surface area contributed by atoms with Crippen molar-refractivity contribution in [1.82, 2.24) is 9.13 Å². The summed E-state index contributed by atoms with van der Waals surface area (Å²) < 4.78 is 20.3. The number of hydrogen-bond acceptors (Lipinski definition) is 2. The molecule has 2 aliphatic rings. The molecular weight excluding hydrogens is 912 g/mol. The van der Waals surface area contributed by atoms with E-state index in [1.807, 2.05) is 0 Å². The number of nitrogens with zero attached hydrogens (tertiary/aromatic N) is 2. The highest BCUT2D eigenvalue weighted by Gasteiger charge is 2.44. The van der Waals surface area contributed by atoms with Gasteiger partial charge in [-0.1, -0.05) is 182 Å². The average molecular weight is 953 g/mol. The van der Waals surface area contributed by atoms with Crippen LogP contribution in [0.1, 0.15) is 0 Å². The Morgan fingerprint density at radius 3 is 1.09 bits per heavy atom. The minimum absolute atomic E-state index is 0.272. The van der Waals surface area contributed by atoms with Crippen molar-refractivity contribution in [3.05, 3.63) is 249 Å². The van der Waals surface area contributed by atoms with E-state index >= 15 is 0 Å². The minimum atomic E-state index is -0.272. The highest BCUT2D eigenvalue weighted by Crippen LogP contribution is 2.51. The summed E-state index contributed by atoms with van der Waals surface area (Å²) in [6.45, 7) is -0.272. The normalized spacial score (nSPS) is 12.7. The Morgan fingerprint density at radius 1 is 0.267 bits per heavy atom. The van der Waals surface area contributed by atoms with E-state index in [-0.39, 0.29) is 6.71 Å². The maximum atomic E-state index is 7.75. The molecule has 0 amide bonds. The molecule has 4 heterocycles. The zero-order chi connectivity index (χ0) is 48.9. The number of hydrogen-bond donors (Lipinski definition) is 0. The molecule has 0 fully saturated rings. The Labute approximate surface area is 431 Å². The van der Waals surface area contributed by atoms with Crippen molar-refractivity contribution in [2.45, 2.75) is 0 Å². The summed E-state index contributed by atoms with van der Waals surface area (Å²) in [4.78, 5) is 0. The van der Waals surface area contributed by atoms with Crippen molar-refractivity contribution < 1.29 is 9.47 Å². The van der Waals surface area contributed by atoms with Crippen LogP contribution in [0.5, 0.6) is 23.0 Å². The van der Waals surface area contributed by atoms with E-state index in [1.54, 1.807) is 0 Å². The molecular formula is C70H41BN2O2. The first-order valence-corrected chi connectivity index (χ1v) is 25.9. The Bertz CT molecular complexity index is 4650. The molecule has 0 saturated heterocycles. The summed E-state index contributed by atoms with van der Waals surface area (Å²) in [6.07, 6.45) is 0. The second-order valence-electron chi connectivity index (χ2n) is 20.3. The molecule has 0 bridgehead atoms. The van der Waals surface area contributed by atoms with Crippen molar-refractivity contribution in [3.63, 3.8) is 0 Å². The molecule has 2 aromatic heterocycles. The topological polar surface area (TPSA) is 28.3 Å². The van der Waals surface area contributed by atoms with E-state index in [1.165, 1.54) is 64.6 Å². The summed E-state index contributed by atoms with van der Waals surface area (Å²) in [5, 5.41) is 14.3. The summed E-state index contributed by atoms with van der Waals surface area (Å²) in [6, 6.07) is 90.9. The van der Waals surface area contributed by atoms with Gasteiger partial charge in [0.1, 0.15) is 23.0 Å². The smallest absolute Gasteiger partial charge is 0.260 e. The number of ether oxygens (including phenoxy) is 2. The first-order valence-electron chi connectivity index (χ1n) is 25.9. The molecule has 0 unspecified atom stereocenters. The highest BCUT2D eigenvalue weighted by atomic mass is 16.5. The molecule has 13 aromatic carbocycles. The van der Waals surface area contributed by atoms with Crippen molar-refractivity contribution in [2.75, 3.05) is 0 Å². The molecule has 15 aromatic rings. The SMILES string of the molecule is c1ccc(-n2c3ccccc3c3cc4c(cc32)Oc2c(-c3cc5ccccc5c5ccccc35)cc(-c3cc5ccccc5c5ccccc35)c3c2B4c2cc4c5ccccc5n(-c5ccccc5)c4cc2O3)cc1. The number of aromatic nitrogens is 2. The minimum Gasteiger partial charge on any atom is -0.458 e. The molecule has 0 atom stereocenters.